The second kappa shape index (κ2) is 10.7. The number of carbonyl (C=O) groups excluding carboxylic acids is 1. The van der Waals surface area contributed by atoms with Gasteiger partial charge in [-0.15, -0.1) is 0 Å². The average molecular weight is 447 g/mol. The SMILES string of the molecule is CC(C)COc1cccc(C(=O)NCCc2ccc(S(=O)(=O)N3CCOCC3)cc2)c1. The molecule has 1 heterocycles. The van der Waals surface area contributed by atoms with Gasteiger partial charge in [0.1, 0.15) is 5.75 Å². The van der Waals surface area contributed by atoms with Crippen molar-refractivity contribution in [3.63, 3.8) is 0 Å². The third kappa shape index (κ3) is 6.53. The Labute approximate surface area is 184 Å². The molecule has 0 radical (unpaired) electrons. The monoisotopic (exact) mass is 446 g/mol. The van der Waals surface area contributed by atoms with Crippen molar-refractivity contribution >= 4 is 15.9 Å². The highest BCUT2D eigenvalue weighted by Gasteiger charge is 2.26. The van der Waals surface area contributed by atoms with Crippen LogP contribution in [0.2, 0.25) is 0 Å². The van der Waals surface area contributed by atoms with E-state index in [1.807, 2.05) is 6.07 Å². The number of rotatable bonds is 9. The average Bonchev–Trinajstić information content (AvgIpc) is 2.79. The van der Waals surface area contributed by atoms with Crippen LogP contribution in [0.4, 0.5) is 0 Å². The Kier molecular flexibility index (Phi) is 8.06. The molecule has 1 aliphatic rings. The number of ether oxygens (including phenoxy) is 2. The van der Waals surface area contributed by atoms with E-state index in [1.165, 1.54) is 4.31 Å². The summed E-state index contributed by atoms with van der Waals surface area (Å²) in [5.41, 5.74) is 1.50. The van der Waals surface area contributed by atoms with Crippen molar-refractivity contribution in [2.45, 2.75) is 25.2 Å². The number of carbonyl (C=O) groups is 1. The highest BCUT2D eigenvalue weighted by molar-refractivity contribution is 7.89. The van der Waals surface area contributed by atoms with Crippen LogP contribution in [-0.2, 0) is 21.2 Å². The number of benzene rings is 2. The van der Waals surface area contributed by atoms with Gasteiger partial charge in [0.25, 0.3) is 5.91 Å². The fraction of sp³-hybridized carbons (Fsp3) is 0.435. The molecule has 2 aromatic rings. The van der Waals surface area contributed by atoms with E-state index < -0.39 is 10.0 Å². The van der Waals surface area contributed by atoms with Crippen molar-refractivity contribution in [1.29, 1.82) is 0 Å². The number of hydrogen-bond donors (Lipinski definition) is 1. The lowest BCUT2D eigenvalue weighted by Crippen LogP contribution is -2.40. The van der Waals surface area contributed by atoms with Crippen molar-refractivity contribution < 1.29 is 22.7 Å². The molecule has 1 aliphatic heterocycles. The first-order chi connectivity index (χ1) is 14.9. The van der Waals surface area contributed by atoms with Crippen LogP contribution in [0.1, 0.15) is 29.8 Å². The van der Waals surface area contributed by atoms with Crippen LogP contribution < -0.4 is 10.1 Å². The third-order valence-corrected chi connectivity index (χ3v) is 6.82. The fourth-order valence-corrected chi connectivity index (χ4v) is 4.58. The van der Waals surface area contributed by atoms with Gasteiger partial charge >= 0.3 is 0 Å². The van der Waals surface area contributed by atoms with Crippen LogP contribution in [0.15, 0.2) is 53.4 Å². The van der Waals surface area contributed by atoms with Crippen molar-refractivity contribution in [2.24, 2.45) is 5.92 Å². The Morgan fingerprint density at radius 3 is 2.52 bits per heavy atom. The van der Waals surface area contributed by atoms with Gasteiger partial charge in [-0.25, -0.2) is 8.42 Å². The predicted molar refractivity (Wildman–Crippen MR) is 119 cm³/mol. The molecule has 31 heavy (non-hydrogen) atoms. The van der Waals surface area contributed by atoms with Crippen LogP contribution >= 0.6 is 0 Å². The summed E-state index contributed by atoms with van der Waals surface area (Å²) in [6.07, 6.45) is 0.604. The van der Waals surface area contributed by atoms with E-state index in [2.05, 4.69) is 19.2 Å². The lowest BCUT2D eigenvalue weighted by molar-refractivity contribution is 0.0730. The molecular formula is C23H30N2O5S. The summed E-state index contributed by atoms with van der Waals surface area (Å²) in [5.74, 6) is 0.924. The Bertz CT molecular complexity index is 968. The first-order valence-corrected chi connectivity index (χ1v) is 12.0. The minimum Gasteiger partial charge on any atom is -0.493 e. The maximum atomic E-state index is 12.7. The van der Waals surface area contributed by atoms with Crippen LogP contribution in [-0.4, -0.2) is 58.1 Å². The van der Waals surface area contributed by atoms with Crippen molar-refractivity contribution in [3.8, 4) is 5.75 Å². The van der Waals surface area contributed by atoms with Gasteiger partial charge < -0.3 is 14.8 Å². The van der Waals surface area contributed by atoms with E-state index in [9.17, 15) is 13.2 Å². The van der Waals surface area contributed by atoms with Gasteiger partial charge in [0.15, 0.2) is 0 Å². The van der Waals surface area contributed by atoms with Crippen molar-refractivity contribution in [1.82, 2.24) is 9.62 Å². The highest BCUT2D eigenvalue weighted by Crippen LogP contribution is 2.18. The number of nitrogens with zero attached hydrogens (tertiary/aromatic N) is 1. The summed E-state index contributed by atoms with van der Waals surface area (Å²) >= 11 is 0. The zero-order valence-electron chi connectivity index (χ0n) is 18.0. The first kappa shape index (κ1) is 23.2. The van der Waals surface area contributed by atoms with Crippen molar-refractivity contribution in [2.75, 3.05) is 39.5 Å². The summed E-state index contributed by atoms with van der Waals surface area (Å²) in [4.78, 5) is 12.7. The summed E-state index contributed by atoms with van der Waals surface area (Å²) < 4.78 is 37.7. The summed E-state index contributed by atoms with van der Waals surface area (Å²) in [6.45, 7) is 6.78. The van der Waals surface area contributed by atoms with Crippen LogP contribution in [0.25, 0.3) is 0 Å². The molecule has 7 nitrogen and oxygen atoms in total. The lowest BCUT2D eigenvalue weighted by atomic mass is 10.1. The Hall–Kier alpha value is -2.42. The maximum absolute atomic E-state index is 12.7. The fourth-order valence-electron chi connectivity index (χ4n) is 3.18. The number of amides is 1. The van der Waals surface area contributed by atoms with E-state index in [1.54, 1.807) is 42.5 Å². The molecule has 0 unspecified atom stereocenters. The molecule has 0 spiro atoms. The molecule has 1 fully saturated rings. The molecular weight excluding hydrogens is 416 g/mol. The van der Waals surface area contributed by atoms with E-state index in [0.717, 1.165) is 5.56 Å². The zero-order chi connectivity index (χ0) is 22.3. The van der Waals surface area contributed by atoms with Gasteiger partial charge in [0, 0.05) is 25.2 Å². The number of nitrogens with one attached hydrogen (secondary N) is 1. The molecule has 1 saturated heterocycles. The molecule has 0 bridgehead atoms. The van der Waals surface area contributed by atoms with Gasteiger partial charge in [-0.05, 0) is 48.2 Å². The zero-order valence-corrected chi connectivity index (χ0v) is 18.9. The summed E-state index contributed by atoms with van der Waals surface area (Å²) in [7, 11) is -3.49. The molecule has 0 aliphatic carbocycles. The van der Waals surface area contributed by atoms with Crippen molar-refractivity contribution in [3.05, 3.63) is 59.7 Å². The smallest absolute Gasteiger partial charge is 0.251 e. The Balaban J connectivity index is 1.51. The quantitative estimate of drug-likeness (QED) is 0.640. The second-order valence-corrected chi connectivity index (χ2v) is 9.84. The highest BCUT2D eigenvalue weighted by atomic mass is 32.2. The largest absolute Gasteiger partial charge is 0.493 e. The standard InChI is InChI=1S/C23H30N2O5S/c1-18(2)17-30-21-5-3-4-20(16-21)23(26)24-11-10-19-6-8-22(9-7-19)31(27,28)25-12-14-29-15-13-25/h3-9,16,18H,10-15,17H2,1-2H3,(H,24,26). The number of sulfonamides is 1. The topological polar surface area (TPSA) is 84.9 Å². The van der Waals surface area contributed by atoms with Crippen LogP contribution in [0.5, 0.6) is 5.75 Å². The van der Waals surface area contributed by atoms with Gasteiger partial charge in [0.2, 0.25) is 10.0 Å². The van der Waals surface area contributed by atoms with E-state index in [0.29, 0.717) is 63.1 Å². The molecule has 2 aromatic carbocycles. The third-order valence-electron chi connectivity index (χ3n) is 4.91. The summed E-state index contributed by atoms with van der Waals surface area (Å²) in [6, 6.07) is 14.0. The molecule has 8 heteroatoms. The molecule has 0 atom stereocenters. The van der Waals surface area contributed by atoms with E-state index in [-0.39, 0.29) is 10.8 Å². The van der Waals surface area contributed by atoms with Gasteiger partial charge in [-0.1, -0.05) is 32.0 Å². The number of hydrogen-bond acceptors (Lipinski definition) is 5. The van der Waals surface area contributed by atoms with Gasteiger partial charge in [-0.3, -0.25) is 4.79 Å². The Morgan fingerprint density at radius 1 is 1.13 bits per heavy atom. The van der Waals surface area contributed by atoms with E-state index in [4.69, 9.17) is 9.47 Å². The van der Waals surface area contributed by atoms with Gasteiger partial charge in [-0.2, -0.15) is 4.31 Å². The van der Waals surface area contributed by atoms with Gasteiger partial charge in [0.05, 0.1) is 24.7 Å². The number of morpholine rings is 1. The normalized spacial score (nSPS) is 15.1. The second-order valence-electron chi connectivity index (χ2n) is 7.90. The molecule has 1 amide bonds. The minimum absolute atomic E-state index is 0.165. The van der Waals surface area contributed by atoms with Crippen LogP contribution in [0.3, 0.4) is 0 Å². The Morgan fingerprint density at radius 2 is 1.84 bits per heavy atom. The molecule has 168 valence electrons. The maximum Gasteiger partial charge on any atom is 0.251 e. The molecule has 0 aromatic heterocycles. The van der Waals surface area contributed by atoms with Crippen LogP contribution in [0, 0.1) is 5.92 Å². The van der Waals surface area contributed by atoms with E-state index >= 15 is 0 Å². The molecule has 0 saturated carbocycles. The molecule has 3 rings (SSSR count). The predicted octanol–water partition coefficient (Wildman–Crippen LogP) is 2.71. The minimum atomic E-state index is -3.49. The summed E-state index contributed by atoms with van der Waals surface area (Å²) in [5, 5.41) is 2.90. The molecule has 1 N–H and O–H groups in total. The first-order valence-electron chi connectivity index (χ1n) is 10.5. The lowest BCUT2D eigenvalue weighted by Gasteiger charge is -2.26.